The average Bonchev–Trinajstić information content (AvgIpc) is 1.89. The van der Waals surface area contributed by atoms with Gasteiger partial charge in [0.05, 0.1) is 0 Å². The Morgan fingerprint density at radius 2 is 2.30 bits per heavy atom. The third-order valence-electron chi connectivity index (χ3n) is 1.36. The molecule has 0 fully saturated rings. The molecule has 1 rings (SSSR count). The Morgan fingerprint density at radius 3 is 2.80 bits per heavy atom. The van der Waals surface area contributed by atoms with Crippen LogP contribution >= 0.6 is 22.6 Å². The molecule has 0 nitrogen and oxygen atoms in total. The van der Waals surface area contributed by atoms with Crippen LogP contribution in [0.1, 0.15) is 13.3 Å². The molecular formula is C9H9I. The number of hydrogen-bond donors (Lipinski definition) is 0. The molecule has 1 aliphatic rings. The maximum atomic E-state index is 3.16. The summed E-state index contributed by atoms with van der Waals surface area (Å²) >= 11 is 2.38. The summed E-state index contributed by atoms with van der Waals surface area (Å²) in [7, 11) is 0. The molecule has 1 atom stereocenters. The van der Waals surface area contributed by atoms with Crippen LogP contribution in [0, 0.1) is 11.8 Å². The van der Waals surface area contributed by atoms with Crippen LogP contribution in [-0.2, 0) is 0 Å². The van der Waals surface area contributed by atoms with Crippen molar-refractivity contribution < 1.29 is 0 Å². The highest BCUT2D eigenvalue weighted by molar-refractivity contribution is 14.1. The second-order valence-corrected chi connectivity index (χ2v) is 4.15. The number of allylic oxidation sites excluding steroid dienone is 4. The van der Waals surface area contributed by atoms with Crippen molar-refractivity contribution in [1.82, 2.24) is 0 Å². The molecule has 0 aromatic rings. The fourth-order valence-electron chi connectivity index (χ4n) is 0.895. The normalized spacial score (nSPS) is 29.4. The van der Waals surface area contributed by atoms with E-state index in [1.807, 2.05) is 6.92 Å². The zero-order valence-electron chi connectivity index (χ0n) is 5.89. The molecule has 1 heteroatoms. The quantitative estimate of drug-likeness (QED) is 0.349. The molecule has 0 N–H and O–H groups in total. The van der Waals surface area contributed by atoms with Gasteiger partial charge in [0.1, 0.15) is 3.42 Å². The number of hydrogen-bond acceptors (Lipinski definition) is 0. The molecule has 1 unspecified atom stereocenters. The first-order valence-electron chi connectivity index (χ1n) is 3.24. The van der Waals surface area contributed by atoms with Crippen molar-refractivity contribution in [2.45, 2.75) is 16.8 Å². The summed E-state index contributed by atoms with van der Waals surface area (Å²) in [6, 6.07) is 0. The molecule has 0 spiro atoms. The van der Waals surface area contributed by atoms with E-state index in [1.165, 1.54) is 0 Å². The van der Waals surface area contributed by atoms with Crippen molar-refractivity contribution in [3.05, 3.63) is 24.3 Å². The van der Waals surface area contributed by atoms with Crippen LogP contribution in [-0.4, -0.2) is 3.42 Å². The highest BCUT2D eigenvalue weighted by atomic mass is 127. The highest BCUT2D eigenvalue weighted by Crippen LogP contribution is 2.27. The molecule has 0 amide bonds. The van der Waals surface area contributed by atoms with Gasteiger partial charge in [-0.05, 0) is 13.3 Å². The summed E-state index contributed by atoms with van der Waals surface area (Å²) in [6.45, 7) is 1.88. The molecule has 0 heterocycles. The van der Waals surface area contributed by atoms with Crippen LogP contribution < -0.4 is 0 Å². The van der Waals surface area contributed by atoms with Crippen molar-refractivity contribution in [1.29, 1.82) is 0 Å². The number of rotatable bonds is 0. The first-order valence-corrected chi connectivity index (χ1v) is 4.32. The Morgan fingerprint density at radius 1 is 1.50 bits per heavy atom. The minimum Gasteiger partial charge on any atom is -0.105 e. The van der Waals surface area contributed by atoms with Gasteiger partial charge in [0, 0.05) is 0 Å². The lowest BCUT2D eigenvalue weighted by molar-refractivity contribution is 0.950. The predicted molar refractivity (Wildman–Crippen MR) is 53.1 cm³/mol. The van der Waals surface area contributed by atoms with E-state index in [-0.39, 0.29) is 3.42 Å². The van der Waals surface area contributed by atoms with Crippen LogP contribution in [0.2, 0.25) is 0 Å². The summed E-state index contributed by atoms with van der Waals surface area (Å²) in [6.07, 6.45) is 9.44. The summed E-state index contributed by atoms with van der Waals surface area (Å²) in [5, 5.41) is 0. The molecule has 10 heavy (non-hydrogen) atoms. The smallest absolute Gasteiger partial charge is 0.104 e. The SMILES string of the molecule is CC#CC1(I)C=CC=CC1. The second-order valence-electron chi connectivity index (χ2n) is 2.23. The van der Waals surface area contributed by atoms with Gasteiger partial charge in [-0.2, -0.15) is 0 Å². The summed E-state index contributed by atoms with van der Waals surface area (Å²) in [5.41, 5.74) is 0. The molecule has 0 aromatic heterocycles. The van der Waals surface area contributed by atoms with Gasteiger partial charge in [0.15, 0.2) is 0 Å². The lowest BCUT2D eigenvalue weighted by Gasteiger charge is -2.16. The first-order chi connectivity index (χ1) is 4.77. The van der Waals surface area contributed by atoms with Crippen molar-refractivity contribution in [3.8, 4) is 11.8 Å². The highest BCUT2D eigenvalue weighted by Gasteiger charge is 2.18. The van der Waals surface area contributed by atoms with Gasteiger partial charge in [-0.1, -0.05) is 52.8 Å². The van der Waals surface area contributed by atoms with E-state index < -0.39 is 0 Å². The fraction of sp³-hybridized carbons (Fsp3) is 0.333. The predicted octanol–water partition coefficient (Wildman–Crippen LogP) is 2.70. The Balaban J connectivity index is 2.77. The molecule has 1 aliphatic carbocycles. The second kappa shape index (κ2) is 3.25. The van der Waals surface area contributed by atoms with Crippen molar-refractivity contribution in [3.63, 3.8) is 0 Å². The molecule has 52 valence electrons. The van der Waals surface area contributed by atoms with Crippen LogP contribution in [0.5, 0.6) is 0 Å². The van der Waals surface area contributed by atoms with Crippen LogP contribution in [0.15, 0.2) is 24.3 Å². The van der Waals surface area contributed by atoms with Crippen molar-refractivity contribution >= 4 is 22.6 Å². The largest absolute Gasteiger partial charge is 0.105 e. The van der Waals surface area contributed by atoms with Crippen LogP contribution in [0.4, 0.5) is 0 Å². The van der Waals surface area contributed by atoms with Gasteiger partial charge < -0.3 is 0 Å². The van der Waals surface area contributed by atoms with Gasteiger partial charge in [-0.15, -0.1) is 5.92 Å². The molecular weight excluding hydrogens is 235 g/mol. The third-order valence-corrected chi connectivity index (χ3v) is 2.42. The Labute approximate surface area is 75.5 Å². The maximum Gasteiger partial charge on any atom is 0.104 e. The van der Waals surface area contributed by atoms with Gasteiger partial charge in [0.25, 0.3) is 0 Å². The number of alkyl halides is 1. The summed E-state index contributed by atoms with van der Waals surface area (Å²) < 4.78 is 0.0707. The summed E-state index contributed by atoms with van der Waals surface area (Å²) in [4.78, 5) is 0. The van der Waals surface area contributed by atoms with Crippen molar-refractivity contribution in [2.75, 3.05) is 0 Å². The third kappa shape index (κ3) is 1.88. The zero-order valence-corrected chi connectivity index (χ0v) is 8.05. The van der Waals surface area contributed by atoms with E-state index in [1.54, 1.807) is 0 Å². The monoisotopic (exact) mass is 244 g/mol. The van der Waals surface area contributed by atoms with E-state index in [0.29, 0.717) is 0 Å². The van der Waals surface area contributed by atoms with Gasteiger partial charge in [-0.3, -0.25) is 0 Å². The molecule has 0 saturated heterocycles. The summed E-state index contributed by atoms with van der Waals surface area (Å²) in [5.74, 6) is 6.09. The zero-order chi connectivity index (χ0) is 7.45. The molecule has 0 radical (unpaired) electrons. The fourth-order valence-corrected chi connectivity index (χ4v) is 1.63. The topological polar surface area (TPSA) is 0 Å². The van der Waals surface area contributed by atoms with E-state index in [4.69, 9.17) is 0 Å². The van der Waals surface area contributed by atoms with Crippen LogP contribution in [0.25, 0.3) is 0 Å². The minimum absolute atomic E-state index is 0.0707. The lowest BCUT2D eigenvalue weighted by Crippen LogP contribution is -2.14. The first kappa shape index (κ1) is 7.87. The number of halogens is 1. The molecule has 0 aliphatic heterocycles. The van der Waals surface area contributed by atoms with E-state index in [9.17, 15) is 0 Å². The molecule has 0 bridgehead atoms. The van der Waals surface area contributed by atoms with Crippen molar-refractivity contribution in [2.24, 2.45) is 0 Å². The Bertz CT molecular complexity index is 227. The standard InChI is InChI=1S/C9H9I/c1-2-6-9(10)7-4-3-5-8-9/h3-5,7H,8H2,1H3. The van der Waals surface area contributed by atoms with Gasteiger partial charge in [0.2, 0.25) is 0 Å². The molecule has 0 saturated carbocycles. The lowest BCUT2D eigenvalue weighted by atomic mass is 10.0. The van der Waals surface area contributed by atoms with E-state index >= 15 is 0 Å². The van der Waals surface area contributed by atoms with E-state index in [0.717, 1.165) is 6.42 Å². The van der Waals surface area contributed by atoms with Gasteiger partial charge in [-0.25, -0.2) is 0 Å². The van der Waals surface area contributed by atoms with Crippen LogP contribution in [0.3, 0.4) is 0 Å². The van der Waals surface area contributed by atoms with Gasteiger partial charge >= 0.3 is 0 Å². The average molecular weight is 244 g/mol. The Hall–Kier alpha value is -0.230. The van der Waals surface area contributed by atoms with E-state index in [2.05, 4.69) is 58.7 Å². The molecule has 0 aromatic carbocycles. The Kier molecular flexibility index (Phi) is 2.56. The maximum absolute atomic E-state index is 3.16. The minimum atomic E-state index is 0.0707.